The fourth-order valence-corrected chi connectivity index (χ4v) is 2.42. The Morgan fingerprint density at radius 3 is 2.55 bits per heavy atom. The van der Waals surface area contributed by atoms with Crippen molar-refractivity contribution in [1.29, 1.82) is 0 Å². The summed E-state index contributed by atoms with van der Waals surface area (Å²) >= 11 is 6.02. The van der Waals surface area contributed by atoms with Crippen LogP contribution in [0.4, 0.5) is 0 Å². The van der Waals surface area contributed by atoms with Gasteiger partial charge in [0.25, 0.3) is 0 Å². The largest absolute Gasteiger partial charge is 0.314 e. The minimum atomic E-state index is 0.729. The van der Waals surface area contributed by atoms with Gasteiger partial charge >= 0.3 is 0 Å². The smallest absolute Gasteiger partial charge is 0.0815 e. The topological polar surface area (TPSA) is 29.9 Å². The average Bonchev–Trinajstić information content (AvgIpc) is 3.23. The lowest BCUT2D eigenvalue weighted by Crippen LogP contribution is -2.19. The van der Waals surface area contributed by atoms with Gasteiger partial charge in [0, 0.05) is 6.04 Å². The molecule has 0 saturated heterocycles. The Hall–Kier alpha value is -1.32. The van der Waals surface area contributed by atoms with Crippen LogP contribution in [0.15, 0.2) is 30.5 Å². The SMILES string of the molecule is Cc1c(Cl)cnn1Cc1ccc(CCNC2CC2)cc1. The first-order valence-corrected chi connectivity index (χ1v) is 7.59. The second-order valence-electron chi connectivity index (χ2n) is 5.53. The fourth-order valence-electron chi connectivity index (χ4n) is 2.28. The maximum Gasteiger partial charge on any atom is 0.0815 e. The van der Waals surface area contributed by atoms with E-state index in [4.69, 9.17) is 11.6 Å². The zero-order valence-electron chi connectivity index (χ0n) is 11.8. The van der Waals surface area contributed by atoms with Crippen LogP contribution in [0.2, 0.25) is 5.02 Å². The molecular formula is C16H20ClN3. The Kier molecular flexibility index (Phi) is 4.08. The van der Waals surface area contributed by atoms with Crippen molar-refractivity contribution in [3.8, 4) is 0 Å². The molecule has 0 amide bonds. The van der Waals surface area contributed by atoms with Gasteiger partial charge in [0.15, 0.2) is 0 Å². The first kappa shape index (κ1) is 13.7. The van der Waals surface area contributed by atoms with E-state index in [9.17, 15) is 0 Å². The molecule has 1 heterocycles. The van der Waals surface area contributed by atoms with Crippen molar-refractivity contribution < 1.29 is 0 Å². The van der Waals surface area contributed by atoms with Crippen molar-refractivity contribution in [2.45, 2.75) is 38.8 Å². The minimum absolute atomic E-state index is 0.729. The van der Waals surface area contributed by atoms with Crippen LogP contribution in [0.3, 0.4) is 0 Å². The summed E-state index contributed by atoms with van der Waals surface area (Å²) < 4.78 is 1.94. The lowest BCUT2D eigenvalue weighted by molar-refractivity contribution is 0.663. The van der Waals surface area contributed by atoms with Crippen LogP contribution >= 0.6 is 11.6 Å². The Balaban J connectivity index is 1.56. The van der Waals surface area contributed by atoms with E-state index in [0.29, 0.717) is 0 Å². The molecule has 20 heavy (non-hydrogen) atoms. The van der Waals surface area contributed by atoms with Crippen molar-refractivity contribution in [2.24, 2.45) is 0 Å². The Morgan fingerprint density at radius 2 is 1.95 bits per heavy atom. The van der Waals surface area contributed by atoms with Gasteiger partial charge in [0.05, 0.1) is 23.5 Å². The summed E-state index contributed by atoms with van der Waals surface area (Å²) in [6, 6.07) is 9.58. The standard InChI is InChI=1S/C16H20ClN3/c1-12-16(17)10-19-20(12)11-14-4-2-13(3-5-14)8-9-18-15-6-7-15/h2-5,10,15,18H,6-9,11H2,1H3. The van der Waals surface area contributed by atoms with E-state index in [2.05, 4.69) is 34.7 Å². The molecule has 0 aliphatic heterocycles. The zero-order chi connectivity index (χ0) is 13.9. The van der Waals surface area contributed by atoms with Gasteiger partial charge in [0.2, 0.25) is 0 Å². The third-order valence-corrected chi connectivity index (χ3v) is 4.19. The molecule has 0 spiro atoms. The number of hydrogen-bond donors (Lipinski definition) is 1. The highest BCUT2D eigenvalue weighted by Crippen LogP contribution is 2.18. The van der Waals surface area contributed by atoms with Crippen molar-refractivity contribution in [1.82, 2.24) is 15.1 Å². The Morgan fingerprint density at radius 1 is 1.25 bits per heavy atom. The predicted molar refractivity (Wildman–Crippen MR) is 82.2 cm³/mol. The molecule has 0 bridgehead atoms. The van der Waals surface area contributed by atoms with Crippen LogP contribution in [-0.4, -0.2) is 22.4 Å². The van der Waals surface area contributed by atoms with Crippen molar-refractivity contribution >= 4 is 11.6 Å². The molecule has 1 saturated carbocycles. The average molecular weight is 290 g/mol. The van der Waals surface area contributed by atoms with E-state index < -0.39 is 0 Å². The van der Waals surface area contributed by atoms with Gasteiger partial charge in [-0.2, -0.15) is 5.10 Å². The van der Waals surface area contributed by atoms with Gasteiger partial charge in [-0.25, -0.2) is 0 Å². The van der Waals surface area contributed by atoms with Gasteiger partial charge in [-0.15, -0.1) is 0 Å². The lowest BCUT2D eigenvalue weighted by Gasteiger charge is -2.07. The second kappa shape index (κ2) is 5.98. The number of benzene rings is 1. The first-order valence-electron chi connectivity index (χ1n) is 7.21. The maximum absolute atomic E-state index is 6.02. The molecule has 4 heteroatoms. The lowest BCUT2D eigenvalue weighted by atomic mass is 10.1. The number of hydrogen-bond acceptors (Lipinski definition) is 2. The highest BCUT2D eigenvalue weighted by atomic mass is 35.5. The highest BCUT2D eigenvalue weighted by molar-refractivity contribution is 6.31. The van der Waals surface area contributed by atoms with E-state index in [1.165, 1.54) is 24.0 Å². The summed E-state index contributed by atoms with van der Waals surface area (Å²) in [7, 11) is 0. The van der Waals surface area contributed by atoms with Crippen LogP contribution in [-0.2, 0) is 13.0 Å². The van der Waals surface area contributed by atoms with Gasteiger partial charge in [-0.3, -0.25) is 4.68 Å². The second-order valence-corrected chi connectivity index (χ2v) is 5.94. The normalized spacial score (nSPS) is 14.7. The molecule has 0 unspecified atom stereocenters. The van der Waals surface area contributed by atoms with Crippen LogP contribution < -0.4 is 5.32 Å². The number of aromatic nitrogens is 2. The first-order chi connectivity index (χ1) is 9.72. The number of halogens is 1. The molecule has 106 valence electrons. The highest BCUT2D eigenvalue weighted by Gasteiger charge is 2.19. The predicted octanol–water partition coefficient (Wildman–Crippen LogP) is 3.19. The van der Waals surface area contributed by atoms with Crippen molar-refractivity contribution in [2.75, 3.05) is 6.54 Å². The zero-order valence-corrected chi connectivity index (χ0v) is 12.5. The summed E-state index contributed by atoms with van der Waals surface area (Å²) in [6.45, 7) is 3.85. The van der Waals surface area contributed by atoms with Crippen molar-refractivity contribution in [3.63, 3.8) is 0 Å². The van der Waals surface area contributed by atoms with Gasteiger partial charge in [-0.1, -0.05) is 35.9 Å². The molecular weight excluding hydrogens is 270 g/mol. The van der Waals surface area contributed by atoms with Gasteiger partial charge < -0.3 is 5.32 Å². The van der Waals surface area contributed by atoms with Crippen molar-refractivity contribution in [3.05, 3.63) is 52.3 Å². The maximum atomic E-state index is 6.02. The van der Waals surface area contributed by atoms with Crippen LogP contribution in [0.25, 0.3) is 0 Å². The quantitative estimate of drug-likeness (QED) is 0.885. The van der Waals surface area contributed by atoms with E-state index in [1.54, 1.807) is 6.20 Å². The molecule has 1 aromatic heterocycles. The third-order valence-electron chi connectivity index (χ3n) is 3.82. The molecule has 3 nitrogen and oxygen atoms in total. The molecule has 3 rings (SSSR count). The molecule has 1 aliphatic carbocycles. The number of rotatable bonds is 6. The monoisotopic (exact) mass is 289 g/mol. The summed E-state index contributed by atoms with van der Waals surface area (Å²) in [5.41, 5.74) is 3.66. The summed E-state index contributed by atoms with van der Waals surface area (Å²) in [6.07, 6.45) is 5.51. The summed E-state index contributed by atoms with van der Waals surface area (Å²) in [5.74, 6) is 0. The van der Waals surface area contributed by atoms with Gasteiger partial charge in [-0.05, 0) is 43.9 Å². The van der Waals surface area contributed by atoms with Crippen LogP contribution in [0.5, 0.6) is 0 Å². The van der Waals surface area contributed by atoms with Crippen LogP contribution in [0, 0.1) is 6.92 Å². The number of nitrogens with zero attached hydrogens (tertiary/aromatic N) is 2. The molecule has 1 fully saturated rings. The van der Waals surface area contributed by atoms with E-state index in [1.807, 2.05) is 11.6 Å². The minimum Gasteiger partial charge on any atom is -0.314 e. The number of nitrogens with one attached hydrogen (secondary N) is 1. The molecule has 1 aromatic carbocycles. The molecule has 2 aromatic rings. The van der Waals surface area contributed by atoms with E-state index >= 15 is 0 Å². The molecule has 0 radical (unpaired) electrons. The molecule has 0 atom stereocenters. The molecule has 1 N–H and O–H groups in total. The molecule has 1 aliphatic rings. The fraction of sp³-hybridized carbons (Fsp3) is 0.438. The Bertz CT molecular complexity index is 570. The van der Waals surface area contributed by atoms with Crippen LogP contribution in [0.1, 0.15) is 29.7 Å². The van der Waals surface area contributed by atoms with E-state index in [-0.39, 0.29) is 0 Å². The summed E-state index contributed by atoms with van der Waals surface area (Å²) in [5, 5.41) is 8.55. The van der Waals surface area contributed by atoms with Gasteiger partial charge in [0.1, 0.15) is 0 Å². The third kappa shape index (κ3) is 3.41. The van der Waals surface area contributed by atoms with E-state index in [0.717, 1.165) is 36.3 Å². The summed E-state index contributed by atoms with van der Waals surface area (Å²) in [4.78, 5) is 0. The Labute approximate surface area is 124 Å².